The van der Waals surface area contributed by atoms with Gasteiger partial charge in [-0.25, -0.2) is 4.98 Å². The third-order valence-electron chi connectivity index (χ3n) is 3.41. The molecule has 0 aromatic carbocycles. The first-order valence-electron chi connectivity index (χ1n) is 7.33. The quantitative estimate of drug-likeness (QED) is 0.838. The highest BCUT2D eigenvalue weighted by Gasteiger charge is 2.17. The van der Waals surface area contributed by atoms with E-state index in [1.165, 1.54) is 12.8 Å². The number of thiocarbonyl (C=S) groups is 1. The maximum atomic E-state index is 5.23. The minimum atomic E-state index is 0.331. The van der Waals surface area contributed by atoms with Crippen LogP contribution in [0.4, 0.5) is 11.5 Å². The van der Waals surface area contributed by atoms with Gasteiger partial charge in [-0.3, -0.25) is 0 Å². The van der Waals surface area contributed by atoms with Crippen molar-refractivity contribution >= 4 is 28.8 Å². The molecule has 0 aliphatic carbocycles. The van der Waals surface area contributed by atoms with E-state index < -0.39 is 0 Å². The first-order chi connectivity index (χ1) is 9.54. The van der Waals surface area contributed by atoms with E-state index in [-0.39, 0.29) is 0 Å². The van der Waals surface area contributed by atoms with E-state index in [2.05, 4.69) is 47.4 Å². The van der Waals surface area contributed by atoms with E-state index in [1.807, 2.05) is 12.3 Å². The molecule has 1 unspecified atom stereocenters. The molecular weight excluding hydrogens is 268 g/mol. The second-order valence-corrected chi connectivity index (χ2v) is 6.26. The Morgan fingerprint density at radius 3 is 2.85 bits per heavy atom. The van der Waals surface area contributed by atoms with Crippen molar-refractivity contribution in [2.75, 3.05) is 23.3 Å². The zero-order valence-electron chi connectivity index (χ0n) is 12.5. The molecule has 0 saturated carbocycles. The number of hydrogen-bond acceptors (Lipinski definition) is 3. The fraction of sp³-hybridized carbons (Fsp3) is 0.600. The van der Waals surface area contributed by atoms with Crippen molar-refractivity contribution in [3.8, 4) is 0 Å². The molecule has 0 spiro atoms. The normalized spacial score (nSPS) is 19.0. The van der Waals surface area contributed by atoms with Crippen LogP contribution in [-0.4, -0.2) is 29.2 Å². The third-order valence-corrected chi connectivity index (χ3v) is 3.63. The minimum absolute atomic E-state index is 0.331. The molecule has 1 aliphatic rings. The summed E-state index contributed by atoms with van der Waals surface area (Å²) in [5.41, 5.74) is 0.928. The minimum Gasteiger partial charge on any atom is -0.360 e. The van der Waals surface area contributed by atoms with Gasteiger partial charge in [0.1, 0.15) is 5.82 Å². The number of hydrogen-bond donors (Lipinski definition) is 2. The monoisotopic (exact) mass is 292 g/mol. The van der Waals surface area contributed by atoms with Crippen LogP contribution in [0.5, 0.6) is 0 Å². The lowest BCUT2D eigenvalue weighted by molar-refractivity contribution is 0.444. The predicted molar refractivity (Wildman–Crippen MR) is 89.3 cm³/mol. The van der Waals surface area contributed by atoms with Crippen LogP contribution in [-0.2, 0) is 0 Å². The SMILES string of the molecule is CC1CCCN(c2ccc(NC(=S)NC(C)C)cn2)C1. The van der Waals surface area contributed by atoms with E-state index in [9.17, 15) is 0 Å². The Balaban J connectivity index is 1.94. The van der Waals surface area contributed by atoms with E-state index in [4.69, 9.17) is 12.2 Å². The lowest BCUT2D eigenvalue weighted by atomic mass is 10.0. The van der Waals surface area contributed by atoms with E-state index >= 15 is 0 Å². The van der Waals surface area contributed by atoms with Crippen LogP contribution in [0.15, 0.2) is 18.3 Å². The largest absolute Gasteiger partial charge is 0.360 e. The molecule has 1 saturated heterocycles. The van der Waals surface area contributed by atoms with E-state index in [1.54, 1.807) is 0 Å². The van der Waals surface area contributed by atoms with Gasteiger partial charge in [-0.2, -0.15) is 0 Å². The molecule has 110 valence electrons. The summed E-state index contributed by atoms with van der Waals surface area (Å²) >= 11 is 5.23. The van der Waals surface area contributed by atoms with Crippen molar-refractivity contribution in [1.29, 1.82) is 0 Å². The van der Waals surface area contributed by atoms with Gasteiger partial charge < -0.3 is 15.5 Å². The molecule has 20 heavy (non-hydrogen) atoms. The summed E-state index contributed by atoms with van der Waals surface area (Å²) in [6, 6.07) is 4.44. The van der Waals surface area contributed by atoms with Crippen LogP contribution in [0.2, 0.25) is 0 Å². The van der Waals surface area contributed by atoms with Crippen molar-refractivity contribution in [2.24, 2.45) is 5.92 Å². The van der Waals surface area contributed by atoms with Gasteiger partial charge in [0.2, 0.25) is 0 Å². The molecule has 0 radical (unpaired) electrons. The molecule has 2 rings (SSSR count). The number of nitrogens with one attached hydrogen (secondary N) is 2. The molecule has 1 aromatic rings. The summed E-state index contributed by atoms with van der Waals surface area (Å²) in [6.07, 6.45) is 4.43. The lowest BCUT2D eigenvalue weighted by Gasteiger charge is -2.31. The zero-order valence-corrected chi connectivity index (χ0v) is 13.3. The Morgan fingerprint density at radius 2 is 2.25 bits per heavy atom. The second kappa shape index (κ2) is 6.88. The Bertz CT molecular complexity index is 444. The highest BCUT2D eigenvalue weighted by molar-refractivity contribution is 7.80. The van der Waals surface area contributed by atoms with Gasteiger partial charge in [-0.05, 0) is 57.0 Å². The number of pyridine rings is 1. The zero-order chi connectivity index (χ0) is 14.5. The first kappa shape index (κ1) is 15.0. The van der Waals surface area contributed by atoms with Crippen LogP contribution >= 0.6 is 12.2 Å². The van der Waals surface area contributed by atoms with E-state index in [0.29, 0.717) is 11.2 Å². The van der Waals surface area contributed by atoms with Crippen LogP contribution in [0, 0.1) is 5.92 Å². The Hall–Kier alpha value is -1.36. The molecule has 2 N–H and O–H groups in total. The molecule has 1 aromatic heterocycles. The molecule has 1 aliphatic heterocycles. The van der Waals surface area contributed by atoms with Gasteiger partial charge in [0.05, 0.1) is 11.9 Å². The molecule has 0 amide bonds. The van der Waals surface area contributed by atoms with Crippen molar-refractivity contribution < 1.29 is 0 Å². The predicted octanol–water partition coefficient (Wildman–Crippen LogP) is 3.01. The van der Waals surface area contributed by atoms with Crippen LogP contribution in [0.1, 0.15) is 33.6 Å². The molecular formula is C15H24N4S. The summed E-state index contributed by atoms with van der Waals surface area (Å²) in [7, 11) is 0. The second-order valence-electron chi connectivity index (χ2n) is 5.85. The molecule has 2 heterocycles. The van der Waals surface area contributed by atoms with Gasteiger partial charge in [0.15, 0.2) is 5.11 Å². The van der Waals surface area contributed by atoms with Crippen LogP contribution < -0.4 is 15.5 Å². The molecule has 4 nitrogen and oxygen atoms in total. The number of anilines is 2. The van der Waals surface area contributed by atoms with Gasteiger partial charge in [-0.1, -0.05) is 6.92 Å². The topological polar surface area (TPSA) is 40.2 Å². The van der Waals surface area contributed by atoms with Gasteiger partial charge in [0, 0.05) is 19.1 Å². The molecule has 0 bridgehead atoms. The maximum Gasteiger partial charge on any atom is 0.171 e. The van der Waals surface area contributed by atoms with Gasteiger partial charge >= 0.3 is 0 Å². The van der Waals surface area contributed by atoms with Crippen molar-refractivity contribution in [2.45, 2.75) is 39.7 Å². The Labute approximate surface area is 127 Å². The number of nitrogens with zero attached hydrogens (tertiary/aromatic N) is 2. The Morgan fingerprint density at radius 1 is 1.45 bits per heavy atom. The highest BCUT2D eigenvalue weighted by Crippen LogP contribution is 2.21. The summed E-state index contributed by atoms with van der Waals surface area (Å²) < 4.78 is 0. The van der Waals surface area contributed by atoms with Crippen molar-refractivity contribution in [1.82, 2.24) is 10.3 Å². The number of rotatable bonds is 3. The van der Waals surface area contributed by atoms with Gasteiger partial charge in [0.25, 0.3) is 0 Å². The maximum absolute atomic E-state index is 5.23. The lowest BCUT2D eigenvalue weighted by Crippen LogP contribution is -2.35. The standard InChI is InChI=1S/C15H24N4S/c1-11(2)17-15(20)18-13-6-7-14(16-9-13)19-8-4-5-12(3)10-19/h6-7,9,11-12H,4-5,8,10H2,1-3H3,(H2,17,18,20). The summed E-state index contributed by atoms with van der Waals surface area (Å²) in [5, 5.41) is 6.95. The van der Waals surface area contributed by atoms with Crippen LogP contribution in [0.25, 0.3) is 0 Å². The number of piperidine rings is 1. The highest BCUT2D eigenvalue weighted by atomic mass is 32.1. The van der Waals surface area contributed by atoms with Crippen molar-refractivity contribution in [3.63, 3.8) is 0 Å². The van der Waals surface area contributed by atoms with E-state index in [0.717, 1.165) is 30.5 Å². The van der Waals surface area contributed by atoms with Crippen LogP contribution in [0.3, 0.4) is 0 Å². The summed E-state index contributed by atoms with van der Waals surface area (Å²) in [4.78, 5) is 6.91. The van der Waals surface area contributed by atoms with Gasteiger partial charge in [-0.15, -0.1) is 0 Å². The number of aromatic nitrogens is 1. The fourth-order valence-corrected chi connectivity index (χ4v) is 2.83. The average Bonchev–Trinajstić information content (AvgIpc) is 2.38. The molecule has 1 atom stereocenters. The smallest absolute Gasteiger partial charge is 0.171 e. The summed E-state index contributed by atoms with van der Waals surface area (Å²) in [6.45, 7) is 8.64. The van der Waals surface area contributed by atoms with Crippen molar-refractivity contribution in [3.05, 3.63) is 18.3 Å². The first-order valence-corrected chi connectivity index (χ1v) is 7.74. The molecule has 1 fully saturated rings. The average molecular weight is 292 g/mol. The molecule has 5 heteroatoms. The Kier molecular flexibility index (Phi) is 5.17. The third kappa shape index (κ3) is 4.34. The summed E-state index contributed by atoms with van der Waals surface area (Å²) in [5.74, 6) is 1.82. The fourth-order valence-electron chi connectivity index (χ4n) is 2.47.